The van der Waals surface area contributed by atoms with Crippen LogP contribution >= 0.6 is 36.4 Å². The van der Waals surface area contributed by atoms with Crippen LogP contribution in [0.2, 0.25) is 5.02 Å². The molecule has 7 heteroatoms. The van der Waals surface area contributed by atoms with E-state index >= 15 is 0 Å². The molecular weight excluding hydrogens is 371 g/mol. The molecule has 1 aromatic carbocycles. The number of nitrogens with zero attached hydrogens (tertiary/aromatic N) is 1. The second-order valence-corrected chi connectivity index (χ2v) is 5.82. The first-order chi connectivity index (χ1) is 10.8. The zero-order valence-corrected chi connectivity index (χ0v) is 15.7. The minimum Gasteiger partial charge on any atom is -0.493 e. The Morgan fingerprint density at radius 3 is 2.67 bits per heavy atom. The third-order valence-corrected chi connectivity index (χ3v) is 3.85. The highest BCUT2D eigenvalue weighted by Crippen LogP contribution is 2.37. The lowest BCUT2D eigenvalue weighted by molar-refractivity contribution is 0.284. The molecule has 1 heterocycles. The van der Waals surface area contributed by atoms with E-state index in [4.69, 9.17) is 21.1 Å². The van der Waals surface area contributed by atoms with Gasteiger partial charge in [-0.1, -0.05) is 17.7 Å². The Balaban J connectivity index is 0.00000144. The molecule has 0 unspecified atom stereocenters. The summed E-state index contributed by atoms with van der Waals surface area (Å²) in [4.78, 5) is 4.07. The van der Waals surface area contributed by atoms with Crippen LogP contribution in [0.5, 0.6) is 11.5 Å². The van der Waals surface area contributed by atoms with Crippen molar-refractivity contribution in [3.63, 3.8) is 0 Å². The number of aromatic nitrogens is 1. The minimum atomic E-state index is 0. The van der Waals surface area contributed by atoms with Crippen molar-refractivity contribution in [2.24, 2.45) is 0 Å². The summed E-state index contributed by atoms with van der Waals surface area (Å²) in [6.45, 7) is 1.20. The molecule has 0 spiro atoms. The van der Waals surface area contributed by atoms with Gasteiger partial charge in [0.15, 0.2) is 11.5 Å². The van der Waals surface area contributed by atoms with Crippen LogP contribution in [0, 0.1) is 0 Å². The molecule has 1 saturated carbocycles. The smallest absolute Gasteiger partial charge is 0.180 e. The van der Waals surface area contributed by atoms with Crippen LogP contribution in [0.1, 0.15) is 24.0 Å². The van der Waals surface area contributed by atoms with Crippen LogP contribution < -0.4 is 14.8 Å². The maximum atomic E-state index is 6.36. The van der Waals surface area contributed by atoms with Gasteiger partial charge in [-0.25, -0.2) is 0 Å². The third-order valence-electron chi connectivity index (χ3n) is 3.57. The lowest BCUT2D eigenvalue weighted by atomic mass is 10.2. The topological polar surface area (TPSA) is 43.4 Å². The van der Waals surface area contributed by atoms with Crippen LogP contribution in [0.15, 0.2) is 36.7 Å². The van der Waals surface area contributed by atoms with Crippen molar-refractivity contribution < 1.29 is 9.47 Å². The van der Waals surface area contributed by atoms with Crippen molar-refractivity contribution in [3.8, 4) is 11.5 Å². The second kappa shape index (κ2) is 9.94. The second-order valence-electron chi connectivity index (χ2n) is 5.41. The quantitative estimate of drug-likeness (QED) is 0.759. The summed E-state index contributed by atoms with van der Waals surface area (Å²) in [6.07, 6.45) is 6.03. The summed E-state index contributed by atoms with van der Waals surface area (Å²) < 4.78 is 11.2. The van der Waals surface area contributed by atoms with Gasteiger partial charge in [0.05, 0.1) is 12.1 Å². The van der Waals surface area contributed by atoms with Crippen LogP contribution in [0.3, 0.4) is 0 Å². The lowest BCUT2D eigenvalue weighted by Gasteiger charge is -2.14. The molecule has 0 radical (unpaired) electrons. The van der Waals surface area contributed by atoms with Crippen molar-refractivity contribution >= 4 is 36.4 Å². The SMILES string of the molecule is COc1cc(CNC2CC2)cc(Cl)c1OCc1cccnc1.Cl.Cl. The first-order valence-corrected chi connectivity index (χ1v) is 7.75. The molecule has 0 saturated heterocycles. The Morgan fingerprint density at radius 2 is 2.04 bits per heavy atom. The highest BCUT2D eigenvalue weighted by Gasteiger charge is 2.20. The number of hydrogen-bond donors (Lipinski definition) is 1. The average Bonchev–Trinajstić information content (AvgIpc) is 3.36. The van der Waals surface area contributed by atoms with Gasteiger partial charge in [-0.2, -0.15) is 0 Å². The molecule has 4 nitrogen and oxygen atoms in total. The maximum absolute atomic E-state index is 6.36. The average molecular weight is 392 g/mol. The van der Waals surface area contributed by atoms with Gasteiger partial charge in [0.2, 0.25) is 0 Å². The molecule has 24 heavy (non-hydrogen) atoms. The molecule has 1 N–H and O–H groups in total. The van der Waals surface area contributed by atoms with E-state index in [9.17, 15) is 0 Å². The van der Waals surface area contributed by atoms with Gasteiger partial charge in [0.25, 0.3) is 0 Å². The summed E-state index contributed by atoms with van der Waals surface area (Å²) in [7, 11) is 1.63. The molecule has 1 aromatic heterocycles. The monoisotopic (exact) mass is 390 g/mol. The Labute approximate surface area is 159 Å². The molecule has 132 valence electrons. The number of hydrogen-bond acceptors (Lipinski definition) is 4. The van der Waals surface area contributed by atoms with Crippen LogP contribution in [0.25, 0.3) is 0 Å². The van der Waals surface area contributed by atoms with E-state index in [0.717, 1.165) is 17.7 Å². The molecule has 1 fully saturated rings. The zero-order valence-electron chi connectivity index (χ0n) is 13.3. The number of ether oxygens (including phenoxy) is 2. The fraction of sp³-hybridized carbons (Fsp3) is 0.353. The number of methoxy groups -OCH3 is 1. The minimum absolute atomic E-state index is 0. The Bertz CT molecular complexity index is 637. The predicted molar refractivity (Wildman–Crippen MR) is 101 cm³/mol. The molecule has 1 aliphatic rings. The number of pyridine rings is 1. The summed E-state index contributed by atoms with van der Waals surface area (Å²) in [5.41, 5.74) is 2.09. The molecule has 0 atom stereocenters. The molecule has 3 rings (SSSR count). The third kappa shape index (κ3) is 5.71. The summed E-state index contributed by atoms with van der Waals surface area (Å²) in [5.74, 6) is 1.23. The van der Waals surface area contributed by atoms with E-state index < -0.39 is 0 Å². The van der Waals surface area contributed by atoms with E-state index in [1.54, 1.807) is 19.5 Å². The first-order valence-electron chi connectivity index (χ1n) is 7.38. The van der Waals surface area contributed by atoms with E-state index in [1.165, 1.54) is 12.8 Å². The van der Waals surface area contributed by atoms with Crippen LogP contribution in [0.4, 0.5) is 0 Å². The van der Waals surface area contributed by atoms with E-state index in [2.05, 4.69) is 10.3 Å². The zero-order chi connectivity index (χ0) is 15.4. The van der Waals surface area contributed by atoms with Gasteiger partial charge in [0, 0.05) is 30.5 Å². The molecule has 0 amide bonds. The highest BCUT2D eigenvalue weighted by atomic mass is 35.5. The maximum Gasteiger partial charge on any atom is 0.180 e. The normalized spacial score (nSPS) is 12.8. The van der Waals surface area contributed by atoms with Gasteiger partial charge < -0.3 is 14.8 Å². The predicted octanol–water partition coefficient (Wildman–Crippen LogP) is 4.42. The summed E-state index contributed by atoms with van der Waals surface area (Å²) in [6, 6.07) is 8.40. The number of benzene rings is 1. The van der Waals surface area contributed by atoms with Crippen LogP contribution in [-0.2, 0) is 13.2 Å². The van der Waals surface area contributed by atoms with Crippen molar-refractivity contribution in [3.05, 3.63) is 52.8 Å². The highest BCUT2D eigenvalue weighted by molar-refractivity contribution is 6.32. The molecule has 2 aromatic rings. The van der Waals surface area contributed by atoms with E-state index in [0.29, 0.717) is 29.2 Å². The van der Waals surface area contributed by atoms with Crippen molar-refractivity contribution in [1.29, 1.82) is 0 Å². The fourth-order valence-corrected chi connectivity index (χ4v) is 2.49. The first kappa shape index (κ1) is 20.8. The van der Waals surface area contributed by atoms with E-state index in [1.807, 2.05) is 24.3 Å². The van der Waals surface area contributed by atoms with E-state index in [-0.39, 0.29) is 24.8 Å². The largest absolute Gasteiger partial charge is 0.493 e. The Kier molecular flexibility index (Phi) is 8.63. The van der Waals surface area contributed by atoms with Gasteiger partial charge in [0.1, 0.15) is 6.61 Å². The van der Waals surface area contributed by atoms with Crippen LogP contribution in [-0.4, -0.2) is 18.1 Å². The van der Waals surface area contributed by atoms with Gasteiger partial charge >= 0.3 is 0 Å². The number of halogens is 3. The summed E-state index contributed by atoms with van der Waals surface area (Å²) >= 11 is 6.36. The Morgan fingerprint density at radius 1 is 1.25 bits per heavy atom. The van der Waals surface area contributed by atoms with Crippen molar-refractivity contribution in [2.45, 2.75) is 32.0 Å². The van der Waals surface area contributed by atoms with Crippen molar-refractivity contribution in [1.82, 2.24) is 10.3 Å². The van der Waals surface area contributed by atoms with Gasteiger partial charge in [-0.05, 0) is 36.6 Å². The molecular formula is C17H21Cl3N2O2. The Hall–Kier alpha value is -1.20. The molecule has 1 aliphatic carbocycles. The van der Waals surface area contributed by atoms with Gasteiger partial charge in [-0.15, -0.1) is 24.8 Å². The fourth-order valence-electron chi connectivity index (χ4n) is 2.20. The lowest BCUT2D eigenvalue weighted by Crippen LogP contribution is -2.15. The van der Waals surface area contributed by atoms with Gasteiger partial charge in [-0.3, -0.25) is 4.98 Å². The molecule has 0 aliphatic heterocycles. The number of rotatable bonds is 7. The standard InChI is InChI=1S/C17H19ClN2O2.2ClH/c1-21-16-8-13(10-20-14-4-5-14)7-15(18)17(16)22-11-12-3-2-6-19-9-12;;/h2-3,6-9,14,20H,4-5,10-11H2,1H3;2*1H. The number of nitrogens with one attached hydrogen (secondary N) is 1. The summed E-state index contributed by atoms with van der Waals surface area (Å²) in [5, 5.41) is 4.03. The van der Waals surface area contributed by atoms with Crippen molar-refractivity contribution in [2.75, 3.05) is 7.11 Å². The molecule has 0 bridgehead atoms.